The van der Waals surface area contributed by atoms with Crippen molar-refractivity contribution < 1.29 is 33.2 Å². The molecule has 4 atom stereocenters. The van der Waals surface area contributed by atoms with Crippen LogP contribution in [0.25, 0.3) is 0 Å². The van der Waals surface area contributed by atoms with Crippen LogP contribution in [0.1, 0.15) is 50.1 Å². The minimum Gasteiger partial charge on any atom is -0.491 e. The summed E-state index contributed by atoms with van der Waals surface area (Å²) in [4.78, 5) is 42.3. The monoisotopic (exact) mass is 561 g/mol. The highest BCUT2D eigenvalue weighted by molar-refractivity contribution is 5.99. The molecule has 2 aliphatic heterocycles. The molecule has 2 heterocycles. The second-order valence-corrected chi connectivity index (χ2v) is 13.3. The summed E-state index contributed by atoms with van der Waals surface area (Å²) in [7, 11) is 12.9. The zero-order chi connectivity index (χ0) is 29.5. The summed E-state index contributed by atoms with van der Waals surface area (Å²) in [5.74, 6) is -0.443. The molecule has 40 heavy (non-hydrogen) atoms. The number of quaternary nitrogens is 2. The molecular formula is C30H51N5O5+2. The van der Waals surface area contributed by atoms with Gasteiger partial charge in [-0.25, -0.2) is 0 Å². The van der Waals surface area contributed by atoms with E-state index in [0.717, 1.165) is 53.3 Å². The Hall–Kier alpha value is -2.69. The van der Waals surface area contributed by atoms with Crippen molar-refractivity contribution in [2.45, 2.75) is 56.7 Å². The first-order valence-corrected chi connectivity index (χ1v) is 14.7. The van der Waals surface area contributed by atoms with Crippen molar-refractivity contribution in [2.75, 3.05) is 75.1 Å². The smallest absolute Gasteiger partial charge is 0.246 e. The highest BCUT2D eigenvalue weighted by atomic mass is 16.5. The van der Waals surface area contributed by atoms with Crippen molar-refractivity contribution in [3.05, 3.63) is 29.8 Å². The minimum absolute atomic E-state index is 0.116. The average Bonchev–Trinajstić information content (AvgIpc) is 3.28. The van der Waals surface area contributed by atoms with Gasteiger partial charge in [-0.2, -0.15) is 0 Å². The van der Waals surface area contributed by atoms with E-state index in [0.29, 0.717) is 18.7 Å². The Kier molecular flexibility index (Phi) is 11.0. The Morgan fingerprint density at radius 2 is 1.73 bits per heavy atom. The van der Waals surface area contributed by atoms with Gasteiger partial charge in [-0.1, -0.05) is 12.1 Å². The number of piperazine rings is 1. The molecule has 2 fully saturated rings. The van der Waals surface area contributed by atoms with Crippen LogP contribution in [-0.4, -0.2) is 124 Å². The minimum atomic E-state index is -0.684. The lowest BCUT2D eigenvalue weighted by molar-refractivity contribution is -0.870. The first kappa shape index (κ1) is 31.8. The zero-order valence-corrected chi connectivity index (χ0v) is 25.3. The Morgan fingerprint density at radius 3 is 2.38 bits per heavy atom. The van der Waals surface area contributed by atoms with Crippen LogP contribution in [0.15, 0.2) is 24.3 Å². The number of fused-ring (bicyclic) bond motifs is 1. The summed E-state index contributed by atoms with van der Waals surface area (Å²) >= 11 is 0. The molecule has 0 radical (unpaired) electrons. The number of benzene rings is 1. The van der Waals surface area contributed by atoms with E-state index in [1.807, 2.05) is 18.2 Å². The number of ether oxygens (including phenoxy) is 1. The molecular weight excluding hydrogens is 510 g/mol. The van der Waals surface area contributed by atoms with Crippen molar-refractivity contribution in [1.82, 2.24) is 15.5 Å². The summed E-state index contributed by atoms with van der Waals surface area (Å²) in [6.07, 6.45) is 4.50. The molecule has 0 saturated carbocycles. The van der Waals surface area contributed by atoms with E-state index in [9.17, 15) is 19.5 Å². The number of carbonyl (C=O) groups excluding carboxylic acids is 3. The topological polar surface area (TPSA) is 108 Å². The number of nitrogens with one attached hydrogen (secondary N) is 2. The molecule has 0 aliphatic carbocycles. The summed E-state index contributed by atoms with van der Waals surface area (Å²) in [6, 6.07) is 5.47. The van der Waals surface area contributed by atoms with Gasteiger partial charge in [0, 0.05) is 6.54 Å². The van der Waals surface area contributed by atoms with Gasteiger partial charge in [0.1, 0.15) is 24.4 Å². The van der Waals surface area contributed by atoms with E-state index in [2.05, 4.69) is 52.9 Å². The third-order valence-corrected chi connectivity index (χ3v) is 7.69. The van der Waals surface area contributed by atoms with Gasteiger partial charge in [0.2, 0.25) is 17.7 Å². The quantitative estimate of drug-likeness (QED) is 0.221. The average molecular weight is 562 g/mol. The van der Waals surface area contributed by atoms with Crippen LogP contribution in [0, 0.1) is 5.92 Å². The van der Waals surface area contributed by atoms with E-state index in [1.54, 1.807) is 11.0 Å². The van der Waals surface area contributed by atoms with Crippen LogP contribution < -0.4 is 15.4 Å². The third-order valence-electron chi connectivity index (χ3n) is 7.69. The highest BCUT2D eigenvalue weighted by Gasteiger charge is 2.54. The molecule has 2 aliphatic rings. The molecule has 1 aromatic rings. The van der Waals surface area contributed by atoms with E-state index in [4.69, 9.17) is 4.74 Å². The fraction of sp³-hybridized carbons (Fsp3) is 0.700. The van der Waals surface area contributed by atoms with Crippen molar-refractivity contribution in [1.29, 1.82) is 0 Å². The number of aliphatic hydroxyl groups excluding tert-OH is 1. The van der Waals surface area contributed by atoms with Crippen molar-refractivity contribution in [3.63, 3.8) is 0 Å². The maximum absolute atomic E-state index is 13.9. The molecule has 2 saturated heterocycles. The number of hydrogen-bond acceptors (Lipinski definition) is 5. The molecule has 0 spiro atoms. The summed E-state index contributed by atoms with van der Waals surface area (Å²) in [5, 5.41) is 15.2. The lowest BCUT2D eigenvalue weighted by Gasteiger charge is -2.38. The normalized spacial score (nSPS) is 23.1. The Morgan fingerprint density at radius 1 is 1.05 bits per heavy atom. The maximum Gasteiger partial charge on any atom is 0.246 e. The van der Waals surface area contributed by atoms with Crippen molar-refractivity contribution in [2.24, 2.45) is 5.92 Å². The van der Waals surface area contributed by atoms with Crippen LogP contribution in [0.4, 0.5) is 0 Å². The molecule has 0 bridgehead atoms. The Bertz CT molecular complexity index is 1020. The number of amides is 3. The van der Waals surface area contributed by atoms with Crippen LogP contribution in [-0.2, 0) is 14.4 Å². The fourth-order valence-corrected chi connectivity index (χ4v) is 5.68. The molecule has 224 valence electrons. The number of carbonyl (C=O) groups is 3. The molecule has 10 nitrogen and oxygen atoms in total. The first-order valence-electron chi connectivity index (χ1n) is 14.7. The number of unbranched alkanes of at least 4 members (excludes halogenated alkanes) is 2. The van der Waals surface area contributed by atoms with E-state index in [1.165, 1.54) is 0 Å². The SMILES string of the molecule is C[N+](C)(C)CCCCNC(=O)[C@@H]1C[C@@H]2C(=O)N[C@@H](CCCC[N+](C)(C)C)C(=O)N2[C@@H]1c1cccc(OCCO)c1. The van der Waals surface area contributed by atoms with Crippen LogP contribution in [0.2, 0.25) is 0 Å². The number of nitrogens with zero attached hydrogens (tertiary/aromatic N) is 3. The third kappa shape index (κ3) is 8.91. The maximum atomic E-state index is 13.9. The Labute approximate surface area is 239 Å². The van der Waals surface area contributed by atoms with E-state index < -0.39 is 24.0 Å². The van der Waals surface area contributed by atoms with Gasteiger partial charge in [-0.15, -0.1) is 0 Å². The van der Waals surface area contributed by atoms with Gasteiger partial charge < -0.3 is 34.3 Å². The van der Waals surface area contributed by atoms with E-state index >= 15 is 0 Å². The van der Waals surface area contributed by atoms with Gasteiger partial charge in [-0.05, 0) is 56.2 Å². The number of hydrogen-bond donors (Lipinski definition) is 3. The van der Waals surface area contributed by atoms with Crippen LogP contribution in [0.3, 0.4) is 0 Å². The van der Waals surface area contributed by atoms with Crippen molar-refractivity contribution >= 4 is 17.7 Å². The largest absolute Gasteiger partial charge is 0.491 e. The molecule has 1 aromatic carbocycles. The molecule has 3 rings (SSSR count). The number of aliphatic hydroxyl groups is 1. The molecule has 3 amide bonds. The van der Waals surface area contributed by atoms with Gasteiger partial charge >= 0.3 is 0 Å². The lowest BCUT2D eigenvalue weighted by atomic mass is 9.92. The highest BCUT2D eigenvalue weighted by Crippen LogP contribution is 2.44. The van der Waals surface area contributed by atoms with Gasteiger partial charge in [-0.3, -0.25) is 14.4 Å². The molecule has 0 aromatic heterocycles. The molecule has 0 unspecified atom stereocenters. The van der Waals surface area contributed by atoms with Gasteiger partial charge in [0.05, 0.1) is 73.9 Å². The predicted molar refractivity (Wildman–Crippen MR) is 154 cm³/mol. The van der Waals surface area contributed by atoms with Crippen LogP contribution >= 0.6 is 0 Å². The zero-order valence-electron chi connectivity index (χ0n) is 25.3. The molecule has 3 N–H and O–H groups in total. The predicted octanol–water partition coefficient (Wildman–Crippen LogP) is 1.29. The first-order chi connectivity index (χ1) is 18.8. The fourth-order valence-electron chi connectivity index (χ4n) is 5.68. The second kappa shape index (κ2) is 13.8. The van der Waals surface area contributed by atoms with Gasteiger partial charge in [0.25, 0.3) is 0 Å². The second-order valence-electron chi connectivity index (χ2n) is 13.3. The standard InChI is InChI=1S/C30H49N5O5/c1-34(2,3)16-9-7-14-25-30(39)33-26(29(38)32-25)21-24(28(37)31-15-8-10-17-35(4,5)6)27(33)22-12-11-13-23(20-22)40-19-18-36/h11-13,20,24-27,36H,7-10,14-19,21H2,1-6H3/p+2/t24-,25+,26-,27-/m1/s1. The van der Waals surface area contributed by atoms with Crippen LogP contribution in [0.5, 0.6) is 5.75 Å². The van der Waals surface area contributed by atoms with Gasteiger partial charge in [0.15, 0.2) is 0 Å². The Balaban J connectivity index is 1.79. The summed E-state index contributed by atoms with van der Waals surface area (Å²) in [5.41, 5.74) is 0.759. The lowest BCUT2D eigenvalue weighted by Crippen LogP contribution is -2.61. The number of rotatable bonds is 15. The molecule has 10 heteroatoms. The summed E-state index contributed by atoms with van der Waals surface area (Å²) in [6.45, 7) is 2.59. The van der Waals surface area contributed by atoms with E-state index in [-0.39, 0.29) is 37.4 Å². The summed E-state index contributed by atoms with van der Waals surface area (Å²) < 4.78 is 7.35. The van der Waals surface area contributed by atoms with Crippen molar-refractivity contribution in [3.8, 4) is 5.75 Å².